The molecule has 0 spiro atoms. The second-order valence-corrected chi connectivity index (χ2v) is 5.79. The van der Waals surface area contributed by atoms with Crippen LogP contribution in [0.5, 0.6) is 0 Å². The fourth-order valence-corrected chi connectivity index (χ4v) is 2.91. The molecule has 0 fully saturated rings. The Morgan fingerprint density at radius 3 is 2.78 bits per heavy atom. The third-order valence-corrected chi connectivity index (χ3v) is 3.99. The van der Waals surface area contributed by atoms with Gasteiger partial charge in [0.25, 0.3) is 0 Å². The highest BCUT2D eigenvalue weighted by atomic mass is 35.5. The largest absolute Gasteiger partial charge is 0.207 e. The highest BCUT2D eigenvalue weighted by Gasteiger charge is 2.30. The SMILES string of the molecule is CC(C#N)(Cc1cccs1)c1ccc(Cl)cc1F. The summed E-state index contributed by atoms with van der Waals surface area (Å²) < 4.78 is 13.9. The van der Waals surface area contributed by atoms with Gasteiger partial charge in [0.2, 0.25) is 0 Å². The number of rotatable bonds is 3. The molecule has 0 aliphatic heterocycles. The van der Waals surface area contributed by atoms with Crippen molar-refractivity contribution in [3.05, 3.63) is 57.0 Å². The van der Waals surface area contributed by atoms with Gasteiger partial charge in [0.05, 0.1) is 11.5 Å². The molecule has 1 aromatic heterocycles. The van der Waals surface area contributed by atoms with Crippen LogP contribution in [0.25, 0.3) is 0 Å². The van der Waals surface area contributed by atoms with Crippen LogP contribution in [-0.4, -0.2) is 0 Å². The number of nitrogens with zero attached hydrogens (tertiary/aromatic N) is 1. The Morgan fingerprint density at radius 2 is 2.22 bits per heavy atom. The van der Waals surface area contributed by atoms with Gasteiger partial charge in [-0.25, -0.2) is 4.39 Å². The molecule has 18 heavy (non-hydrogen) atoms. The van der Waals surface area contributed by atoms with Crippen molar-refractivity contribution < 1.29 is 4.39 Å². The zero-order chi connectivity index (χ0) is 13.2. The molecule has 1 atom stereocenters. The third kappa shape index (κ3) is 2.55. The molecule has 0 saturated carbocycles. The summed E-state index contributed by atoms with van der Waals surface area (Å²) in [5.41, 5.74) is -0.484. The van der Waals surface area contributed by atoms with Gasteiger partial charge in [-0.3, -0.25) is 0 Å². The Hall–Kier alpha value is -1.37. The van der Waals surface area contributed by atoms with E-state index in [1.54, 1.807) is 30.4 Å². The first-order valence-corrected chi connectivity index (χ1v) is 6.70. The topological polar surface area (TPSA) is 23.8 Å². The molecule has 0 bridgehead atoms. The van der Waals surface area contributed by atoms with Gasteiger partial charge in [-0.05, 0) is 30.5 Å². The van der Waals surface area contributed by atoms with Gasteiger partial charge in [0, 0.05) is 21.9 Å². The van der Waals surface area contributed by atoms with Crippen molar-refractivity contribution >= 4 is 22.9 Å². The van der Waals surface area contributed by atoms with Gasteiger partial charge >= 0.3 is 0 Å². The summed E-state index contributed by atoms with van der Waals surface area (Å²) in [5, 5.41) is 11.7. The fraction of sp³-hybridized carbons (Fsp3) is 0.214. The molecule has 0 radical (unpaired) electrons. The third-order valence-electron chi connectivity index (χ3n) is 2.88. The molecule has 92 valence electrons. The standard InChI is InChI=1S/C14H11ClFNS/c1-14(9-17,8-11-3-2-6-18-11)12-5-4-10(15)7-13(12)16/h2-7H,8H2,1H3. The zero-order valence-electron chi connectivity index (χ0n) is 9.78. The molecule has 4 heteroatoms. The van der Waals surface area contributed by atoms with Crippen LogP contribution < -0.4 is 0 Å². The second kappa shape index (κ2) is 5.09. The Morgan fingerprint density at radius 1 is 1.44 bits per heavy atom. The van der Waals surface area contributed by atoms with E-state index in [1.165, 1.54) is 6.07 Å². The number of halogens is 2. The highest BCUT2D eigenvalue weighted by molar-refractivity contribution is 7.09. The van der Waals surface area contributed by atoms with Crippen LogP contribution in [0.15, 0.2) is 35.7 Å². The van der Waals surface area contributed by atoms with Gasteiger partial charge < -0.3 is 0 Å². The van der Waals surface area contributed by atoms with Crippen LogP contribution in [0.3, 0.4) is 0 Å². The molecule has 1 aromatic carbocycles. The summed E-state index contributed by atoms with van der Waals surface area (Å²) in [6, 6.07) is 10.6. The average Bonchev–Trinajstić information content (AvgIpc) is 2.81. The Kier molecular flexibility index (Phi) is 3.70. The van der Waals surface area contributed by atoms with Crippen LogP contribution in [-0.2, 0) is 11.8 Å². The van der Waals surface area contributed by atoms with E-state index >= 15 is 0 Å². The predicted molar refractivity (Wildman–Crippen MR) is 72.4 cm³/mol. The first kappa shape index (κ1) is 13.1. The van der Waals surface area contributed by atoms with Crippen molar-refractivity contribution in [2.24, 2.45) is 0 Å². The number of benzene rings is 1. The van der Waals surface area contributed by atoms with Gasteiger partial charge in [-0.15, -0.1) is 11.3 Å². The van der Waals surface area contributed by atoms with Crippen LogP contribution >= 0.6 is 22.9 Å². The molecule has 1 unspecified atom stereocenters. The van der Waals surface area contributed by atoms with E-state index in [0.717, 1.165) is 4.88 Å². The molecule has 1 heterocycles. The summed E-state index contributed by atoms with van der Waals surface area (Å²) in [7, 11) is 0. The van der Waals surface area contributed by atoms with Crippen LogP contribution in [0, 0.1) is 17.1 Å². The Bertz CT molecular complexity index is 588. The highest BCUT2D eigenvalue weighted by Crippen LogP contribution is 2.32. The number of hydrogen-bond acceptors (Lipinski definition) is 2. The number of nitriles is 1. The second-order valence-electron chi connectivity index (χ2n) is 4.32. The first-order valence-electron chi connectivity index (χ1n) is 5.44. The fourth-order valence-electron chi connectivity index (χ4n) is 1.89. The zero-order valence-corrected chi connectivity index (χ0v) is 11.4. The molecule has 0 N–H and O–H groups in total. The lowest BCUT2D eigenvalue weighted by molar-refractivity contribution is 0.537. The van der Waals surface area contributed by atoms with Crippen LogP contribution in [0.1, 0.15) is 17.4 Å². The van der Waals surface area contributed by atoms with E-state index in [2.05, 4.69) is 6.07 Å². The van der Waals surface area contributed by atoms with Crippen molar-refractivity contribution in [1.29, 1.82) is 5.26 Å². The lowest BCUT2D eigenvalue weighted by Crippen LogP contribution is -2.23. The maximum absolute atomic E-state index is 13.9. The van der Waals surface area contributed by atoms with Gasteiger partial charge in [-0.1, -0.05) is 23.7 Å². The Balaban J connectivity index is 2.41. The minimum atomic E-state index is -0.875. The van der Waals surface area contributed by atoms with E-state index in [4.69, 9.17) is 11.6 Å². The molecule has 0 aliphatic rings. The van der Waals surface area contributed by atoms with Crippen molar-refractivity contribution in [3.63, 3.8) is 0 Å². The van der Waals surface area contributed by atoms with E-state index < -0.39 is 11.2 Å². The summed E-state index contributed by atoms with van der Waals surface area (Å²) in [6.07, 6.45) is 0.500. The normalized spacial score (nSPS) is 13.9. The minimum Gasteiger partial charge on any atom is -0.207 e. The summed E-state index contributed by atoms with van der Waals surface area (Å²) in [4.78, 5) is 1.06. The van der Waals surface area contributed by atoms with Crippen molar-refractivity contribution in [2.75, 3.05) is 0 Å². The molecular formula is C14H11ClFNS. The molecule has 2 rings (SSSR count). The van der Waals surface area contributed by atoms with E-state index in [9.17, 15) is 9.65 Å². The average molecular weight is 280 g/mol. The number of hydrogen-bond donors (Lipinski definition) is 0. The van der Waals surface area contributed by atoms with Gasteiger partial charge in [0.1, 0.15) is 5.82 Å². The molecular weight excluding hydrogens is 269 g/mol. The smallest absolute Gasteiger partial charge is 0.129 e. The van der Waals surface area contributed by atoms with Crippen molar-refractivity contribution in [3.8, 4) is 6.07 Å². The van der Waals surface area contributed by atoms with E-state index in [-0.39, 0.29) is 0 Å². The van der Waals surface area contributed by atoms with Gasteiger partial charge in [-0.2, -0.15) is 5.26 Å². The minimum absolute atomic E-state index is 0.340. The maximum atomic E-state index is 13.9. The predicted octanol–water partition coefficient (Wildman–Crippen LogP) is 4.56. The summed E-state index contributed by atoms with van der Waals surface area (Å²) in [6.45, 7) is 1.75. The quantitative estimate of drug-likeness (QED) is 0.808. The monoisotopic (exact) mass is 279 g/mol. The molecule has 0 aliphatic carbocycles. The Labute approximate surface area is 114 Å². The van der Waals surface area contributed by atoms with Crippen molar-refractivity contribution in [2.45, 2.75) is 18.8 Å². The van der Waals surface area contributed by atoms with Crippen molar-refractivity contribution in [1.82, 2.24) is 0 Å². The molecule has 0 amide bonds. The lowest BCUT2D eigenvalue weighted by Gasteiger charge is -2.22. The first-order chi connectivity index (χ1) is 8.55. The van der Waals surface area contributed by atoms with Gasteiger partial charge in [0.15, 0.2) is 0 Å². The summed E-state index contributed by atoms with van der Waals surface area (Å²) in [5.74, 6) is -0.428. The molecule has 0 saturated heterocycles. The molecule has 2 aromatic rings. The number of thiophene rings is 1. The molecule has 1 nitrogen and oxygen atoms in total. The maximum Gasteiger partial charge on any atom is 0.129 e. The lowest BCUT2D eigenvalue weighted by atomic mass is 9.80. The summed E-state index contributed by atoms with van der Waals surface area (Å²) >= 11 is 7.30. The van der Waals surface area contributed by atoms with E-state index in [1.807, 2.05) is 17.5 Å². The van der Waals surface area contributed by atoms with Crippen LogP contribution in [0.4, 0.5) is 4.39 Å². The van der Waals surface area contributed by atoms with Crippen LogP contribution in [0.2, 0.25) is 5.02 Å². The van der Waals surface area contributed by atoms with E-state index in [0.29, 0.717) is 17.0 Å².